The Kier molecular flexibility index (Phi) is 6.92. The molecule has 4 rings (SSSR count). The van der Waals surface area contributed by atoms with Crippen molar-refractivity contribution < 1.29 is 14.3 Å². The molecule has 0 atom stereocenters. The zero-order valence-electron chi connectivity index (χ0n) is 18.7. The lowest BCUT2D eigenvalue weighted by Crippen LogP contribution is -2.51. The van der Waals surface area contributed by atoms with Crippen LogP contribution >= 0.6 is 0 Å². The average Bonchev–Trinajstić information content (AvgIpc) is 2.98. The summed E-state index contributed by atoms with van der Waals surface area (Å²) in [6.45, 7) is 2.64. The van der Waals surface area contributed by atoms with Crippen LogP contribution in [0.5, 0.6) is 5.75 Å². The van der Waals surface area contributed by atoms with Crippen LogP contribution in [-0.2, 0) is 35.5 Å². The molecular formula is C23H31N5O4. The van der Waals surface area contributed by atoms with Crippen molar-refractivity contribution in [3.05, 3.63) is 46.1 Å². The number of fused-ring (bicyclic) bond motifs is 1. The molecule has 0 unspecified atom stereocenters. The van der Waals surface area contributed by atoms with E-state index in [1.807, 2.05) is 29.2 Å². The number of carbonyl (C=O) groups excluding carboxylic acids is 2. The predicted octanol–water partition coefficient (Wildman–Crippen LogP) is 1.08. The van der Waals surface area contributed by atoms with E-state index in [0.29, 0.717) is 45.6 Å². The SMILES string of the molecule is COc1ccc(CCC(=O)N2CCN(C(=O)Cn3nc4n(c3=O)CCCCC4)CC2)cc1. The van der Waals surface area contributed by atoms with Gasteiger partial charge in [0.05, 0.1) is 7.11 Å². The summed E-state index contributed by atoms with van der Waals surface area (Å²) in [5.41, 5.74) is 0.902. The first-order chi connectivity index (χ1) is 15.5. The van der Waals surface area contributed by atoms with Crippen LogP contribution in [0.3, 0.4) is 0 Å². The lowest BCUT2D eigenvalue weighted by molar-refractivity contribution is -0.140. The molecule has 2 aromatic rings. The number of hydrogen-bond acceptors (Lipinski definition) is 5. The molecule has 1 saturated heterocycles. The van der Waals surface area contributed by atoms with Crippen LogP contribution < -0.4 is 10.4 Å². The number of rotatable bonds is 6. The molecule has 9 heteroatoms. The number of nitrogens with zero attached hydrogens (tertiary/aromatic N) is 5. The summed E-state index contributed by atoms with van der Waals surface area (Å²) in [5, 5.41) is 4.40. The summed E-state index contributed by atoms with van der Waals surface area (Å²) in [6.07, 6.45) is 5.00. The first-order valence-corrected chi connectivity index (χ1v) is 11.4. The third-order valence-electron chi connectivity index (χ3n) is 6.34. The maximum Gasteiger partial charge on any atom is 0.346 e. The molecule has 32 heavy (non-hydrogen) atoms. The van der Waals surface area contributed by atoms with Crippen LogP contribution in [0.15, 0.2) is 29.1 Å². The van der Waals surface area contributed by atoms with Crippen molar-refractivity contribution in [1.82, 2.24) is 24.1 Å². The van der Waals surface area contributed by atoms with Gasteiger partial charge in [-0.3, -0.25) is 14.2 Å². The van der Waals surface area contributed by atoms with E-state index in [9.17, 15) is 14.4 Å². The van der Waals surface area contributed by atoms with Crippen molar-refractivity contribution in [1.29, 1.82) is 0 Å². The number of benzene rings is 1. The van der Waals surface area contributed by atoms with Gasteiger partial charge < -0.3 is 14.5 Å². The molecule has 1 aromatic carbocycles. The second-order valence-electron chi connectivity index (χ2n) is 8.43. The minimum Gasteiger partial charge on any atom is -0.497 e. The summed E-state index contributed by atoms with van der Waals surface area (Å²) in [4.78, 5) is 41.5. The van der Waals surface area contributed by atoms with Crippen molar-refractivity contribution in [3.63, 3.8) is 0 Å². The van der Waals surface area contributed by atoms with E-state index in [0.717, 1.165) is 42.8 Å². The minimum atomic E-state index is -0.192. The third kappa shape index (κ3) is 5.03. The Labute approximate surface area is 187 Å². The third-order valence-corrected chi connectivity index (χ3v) is 6.34. The molecular weight excluding hydrogens is 410 g/mol. The van der Waals surface area contributed by atoms with Gasteiger partial charge in [-0.2, -0.15) is 5.10 Å². The fraction of sp³-hybridized carbons (Fsp3) is 0.565. The van der Waals surface area contributed by atoms with E-state index < -0.39 is 0 Å². The van der Waals surface area contributed by atoms with Crippen molar-refractivity contribution in [2.45, 2.75) is 51.6 Å². The summed E-state index contributed by atoms with van der Waals surface area (Å²) in [5.74, 6) is 1.56. The van der Waals surface area contributed by atoms with Gasteiger partial charge >= 0.3 is 5.69 Å². The Bertz CT molecular complexity index is 1000. The van der Waals surface area contributed by atoms with Gasteiger partial charge in [0, 0.05) is 45.6 Å². The summed E-state index contributed by atoms with van der Waals surface area (Å²) >= 11 is 0. The highest BCUT2D eigenvalue weighted by Gasteiger charge is 2.25. The van der Waals surface area contributed by atoms with Crippen molar-refractivity contribution in [2.75, 3.05) is 33.3 Å². The molecule has 2 amide bonds. The van der Waals surface area contributed by atoms with Gasteiger partial charge in [0.1, 0.15) is 18.1 Å². The van der Waals surface area contributed by atoms with Crippen molar-refractivity contribution in [2.24, 2.45) is 0 Å². The molecule has 1 fully saturated rings. The number of piperazine rings is 1. The molecule has 0 bridgehead atoms. The Balaban J connectivity index is 1.25. The predicted molar refractivity (Wildman–Crippen MR) is 119 cm³/mol. The molecule has 3 heterocycles. The number of methoxy groups -OCH3 is 1. The smallest absolute Gasteiger partial charge is 0.346 e. The molecule has 0 saturated carbocycles. The molecule has 9 nitrogen and oxygen atoms in total. The molecule has 1 aromatic heterocycles. The summed E-state index contributed by atoms with van der Waals surface area (Å²) in [6, 6.07) is 7.74. The quantitative estimate of drug-likeness (QED) is 0.669. The molecule has 0 N–H and O–H groups in total. The first kappa shape index (κ1) is 22.1. The lowest BCUT2D eigenvalue weighted by atomic mass is 10.1. The Morgan fingerprint density at radius 2 is 1.62 bits per heavy atom. The minimum absolute atomic E-state index is 0.0375. The number of hydrogen-bond donors (Lipinski definition) is 0. The van der Waals surface area contributed by atoms with Gasteiger partial charge in [-0.05, 0) is 37.0 Å². The van der Waals surface area contributed by atoms with Gasteiger partial charge in [0.15, 0.2) is 0 Å². The highest BCUT2D eigenvalue weighted by atomic mass is 16.5. The normalized spacial score (nSPS) is 16.4. The maximum atomic E-state index is 12.7. The van der Waals surface area contributed by atoms with Gasteiger partial charge in [-0.15, -0.1) is 0 Å². The largest absolute Gasteiger partial charge is 0.497 e. The van der Waals surface area contributed by atoms with Crippen LogP contribution in [-0.4, -0.2) is 69.3 Å². The lowest BCUT2D eigenvalue weighted by Gasteiger charge is -2.34. The van der Waals surface area contributed by atoms with E-state index in [1.165, 1.54) is 4.68 Å². The van der Waals surface area contributed by atoms with Crippen LogP contribution in [0.25, 0.3) is 0 Å². The number of aryl methyl sites for hydroxylation is 2. The molecule has 0 spiro atoms. The van der Waals surface area contributed by atoms with Crippen molar-refractivity contribution >= 4 is 11.8 Å². The zero-order chi connectivity index (χ0) is 22.5. The number of amides is 2. The fourth-order valence-corrected chi connectivity index (χ4v) is 4.36. The second-order valence-corrected chi connectivity index (χ2v) is 8.43. The summed E-state index contributed by atoms with van der Waals surface area (Å²) < 4.78 is 8.17. The highest BCUT2D eigenvalue weighted by molar-refractivity contribution is 5.78. The van der Waals surface area contributed by atoms with Crippen LogP contribution in [0, 0.1) is 0 Å². The van der Waals surface area contributed by atoms with Gasteiger partial charge in [0.2, 0.25) is 11.8 Å². The molecule has 172 valence electrons. The topological polar surface area (TPSA) is 89.7 Å². The standard InChI is InChI=1S/C23H31N5O4/c1-32-19-9-6-18(7-10-19)8-11-21(29)25-13-15-26(16-14-25)22(30)17-28-23(31)27-12-4-2-3-5-20(27)24-28/h6-7,9-10H,2-5,8,11-17H2,1H3. The fourth-order valence-electron chi connectivity index (χ4n) is 4.36. The molecule has 2 aliphatic rings. The van der Waals surface area contributed by atoms with E-state index in [-0.39, 0.29) is 24.0 Å². The average molecular weight is 442 g/mol. The Hall–Kier alpha value is -3.10. The number of carbonyl (C=O) groups is 2. The Morgan fingerprint density at radius 3 is 2.31 bits per heavy atom. The molecule has 0 radical (unpaired) electrons. The van der Waals surface area contributed by atoms with Crippen LogP contribution in [0.4, 0.5) is 0 Å². The molecule has 0 aliphatic carbocycles. The highest BCUT2D eigenvalue weighted by Crippen LogP contribution is 2.14. The second kappa shape index (κ2) is 10.0. The molecule has 2 aliphatic heterocycles. The van der Waals surface area contributed by atoms with E-state index >= 15 is 0 Å². The number of ether oxygens (including phenoxy) is 1. The van der Waals surface area contributed by atoms with Crippen LogP contribution in [0.1, 0.15) is 37.1 Å². The van der Waals surface area contributed by atoms with Gasteiger partial charge in [0.25, 0.3) is 0 Å². The number of aromatic nitrogens is 3. The van der Waals surface area contributed by atoms with E-state index in [4.69, 9.17) is 4.74 Å². The first-order valence-electron chi connectivity index (χ1n) is 11.4. The van der Waals surface area contributed by atoms with Crippen LogP contribution in [0.2, 0.25) is 0 Å². The van der Waals surface area contributed by atoms with Gasteiger partial charge in [-0.25, -0.2) is 9.48 Å². The van der Waals surface area contributed by atoms with Crippen molar-refractivity contribution in [3.8, 4) is 5.75 Å². The summed E-state index contributed by atoms with van der Waals surface area (Å²) in [7, 11) is 1.63. The monoisotopic (exact) mass is 441 g/mol. The van der Waals surface area contributed by atoms with Gasteiger partial charge in [-0.1, -0.05) is 18.6 Å². The van der Waals surface area contributed by atoms with E-state index in [1.54, 1.807) is 16.6 Å². The maximum absolute atomic E-state index is 12.7. The zero-order valence-corrected chi connectivity index (χ0v) is 18.7. The Morgan fingerprint density at radius 1 is 0.938 bits per heavy atom. The van der Waals surface area contributed by atoms with E-state index in [2.05, 4.69) is 5.10 Å².